The molecule has 2 aromatic carbocycles. The second kappa shape index (κ2) is 6.46. The number of halogens is 1. The maximum atomic E-state index is 12.3. The molecule has 2 N–H and O–H groups in total. The number of hydrogen-bond acceptors (Lipinski definition) is 4. The minimum atomic E-state index is -3.70. The Balaban J connectivity index is 2.32. The fraction of sp³-hybridized carbons (Fsp3) is 0.143. The number of nitrogens with one attached hydrogen (secondary N) is 1. The summed E-state index contributed by atoms with van der Waals surface area (Å²) in [4.78, 5) is 0.120. The van der Waals surface area contributed by atoms with Gasteiger partial charge in [0.15, 0.2) is 0 Å². The highest BCUT2D eigenvalue weighted by molar-refractivity contribution is 9.10. The quantitative estimate of drug-likeness (QED) is 0.846. The molecular weight excluding hydrogens is 358 g/mol. The van der Waals surface area contributed by atoms with Crippen LogP contribution in [0.4, 0.5) is 5.69 Å². The first kappa shape index (κ1) is 15.8. The first-order valence-electron chi connectivity index (χ1n) is 6.02. The van der Waals surface area contributed by atoms with E-state index in [1.165, 1.54) is 19.2 Å². The molecule has 0 saturated heterocycles. The summed E-state index contributed by atoms with van der Waals surface area (Å²) in [5, 5.41) is 8.98. The normalized spacial score (nSPS) is 11.2. The minimum absolute atomic E-state index is 0.120. The van der Waals surface area contributed by atoms with E-state index in [4.69, 9.17) is 9.84 Å². The van der Waals surface area contributed by atoms with E-state index in [1.54, 1.807) is 30.3 Å². The number of rotatable bonds is 5. The van der Waals surface area contributed by atoms with Gasteiger partial charge in [-0.25, -0.2) is 8.42 Å². The molecule has 0 amide bonds. The lowest BCUT2D eigenvalue weighted by atomic mass is 10.2. The van der Waals surface area contributed by atoms with E-state index in [0.29, 0.717) is 21.5 Å². The van der Waals surface area contributed by atoms with Gasteiger partial charge in [0.05, 0.1) is 24.3 Å². The SMILES string of the molecule is COc1ccc(Br)c(NS(=O)(=O)c2ccc(CO)cc2)c1. The number of sulfonamides is 1. The van der Waals surface area contributed by atoms with Gasteiger partial charge in [-0.15, -0.1) is 0 Å². The third-order valence-electron chi connectivity index (χ3n) is 2.83. The van der Waals surface area contributed by atoms with Gasteiger partial charge in [-0.05, 0) is 45.8 Å². The number of aliphatic hydroxyl groups is 1. The van der Waals surface area contributed by atoms with E-state index < -0.39 is 10.0 Å². The molecule has 0 atom stereocenters. The topological polar surface area (TPSA) is 75.6 Å². The van der Waals surface area contributed by atoms with Crippen LogP contribution in [0.25, 0.3) is 0 Å². The van der Waals surface area contributed by atoms with Gasteiger partial charge >= 0.3 is 0 Å². The smallest absolute Gasteiger partial charge is 0.261 e. The molecule has 0 aromatic heterocycles. The zero-order valence-corrected chi connectivity index (χ0v) is 13.6. The zero-order chi connectivity index (χ0) is 15.5. The van der Waals surface area contributed by atoms with Crippen molar-refractivity contribution in [2.45, 2.75) is 11.5 Å². The Morgan fingerprint density at radius 1 is 1.19 bits per heavy atom. The van der Waals surface area contributed by atoms with Crippen LogP contribution < -0.4 is 9.46 Å². The van der Waals surface area contributed by atoms with Crippen molar-refractivity contribution in [2.75, 3.05) is 11.8 Å². The molecule has 7 heteroatoms. The number of aliphatic hydroxyl groups excluding tert-OH is 1. The Morgan fingerprint density at radius 3 is 2.43 bits per heavy atom. The third kappa shape index (κ3) is 3.75. The average Bonchev–Trinajstić information content (AvgIpc) is 2.49. The summed E-state index contributed by atoms with van der Waals surface area (Å²) in [6.45, 7) is -0.130. The van der Waals surface area contributed by atoms with Crippen molar-refractivity contribution in [3.8, 4) is 5.75 Å². The summed E-state index contributed by atoms with van der Waals surface area (Å²) < 4.78 is 32.8. The molecule has 0 aliphatic rings. The fourth-order valence-corrected chi connectivity index (χ4v) is 3.23. The summed E-state index contributed by atoms with van der Waals surface area (Å²) in [6, 6.07) is 11.0. The van der Waals surface area contributed by atoms with Crippen molar-refractivity contribution >= 4 is 31.6 Å². The first-order valence-corrected chi connectivity index (χ1v) is 8.30. The lowest BCUT2D eigenvalue weighted by Gasteiger charge is -2.11. The highest BCUT2D eigenvalue weighted by Gasteiger charge is 2.16. The minimum Gasteiger partial charge on any atom is -0.497 e. The predicted molar refractivity (Wildman–Crippen MR) is 83.9 cm³/mol. The molecule has 0 aliphatic heterocycles. The summed E-state index contributed by atoms with van der Waals surface area (Å²) in [7, 11) is -2.19. The number of benzene rings is 2. The number of methoxy groups -OCH3 is 1. The zero-order valence-electron chi connectivity index (χ0n) is 11.2. The summed E-state index contributed by atoms with van der Waals surface area (Å²) in [5.41, 5.74) is 1.04. The highest BCUT2D eigenvalue weighted by Crippen LogP contribution is 2.29. The lowest BCUT2D eigenvalue weighted by molar-refractivity contribution is 0.282. The van der Waals surface area contributed by atoms with Crippen LogP contribution in [0.3, 0.4) is 0 Å². The maximum Gasteiger partial charge on any atom is 0.261 e. The van der Waals surface area contributed by atoms with E-state index in [2.05, 4.69) is 20.7 Å². The van der Waals surface area contributed by atoms with Gasteiger partial charge in [0.1, 0.15) is 5.75 Å². The van der Waals surface area contributed by atoms with Crippen LogP contribution in [0.15, 0.2) is 51.8 Å². The Kier molecular flexibility index (Phi) is 4.87. The van der Waals surface area contributed by atoms with E-state index >= 15 is 0 Å². The van der Waals surface area contributed by atoms with E-state index in [-0.39, 0.29) is 11.5 Å². The third-order valence-corrected chi connectivity index (χ3v) is 4.91. The monoisotopic (exact) mass is 371 g/mol. The molecule has 0 radical (unpaired) electrons. The summed E-state index contributed by atoms with van der Waals surface area (Å²) >= 11 is 3.29. The first-order chi connectivity index (χ1) is 9.96. The molecule has 0 spiro atoms. The Hall–Kier alpha value is -1.57. The van der Waals surface area contributed by atoms with Crippen LogP contribution in [-0.2, 0) is 16.6 Å². The molecule has 5 nitrogen and oxygen atoms in total. The highest BCUT2D eigenvalue weighted by atomic mass is 79.9. The van der Waals surface area contributed by atoms with Gasteiger partial charge < -0.3 is 9.84 Å². The van der Waals surface area contributed by atoms with Crippen LogP contribution in [0.2, 0.25) is 0 Å². The van der Waals surface area contributed by atoms with Gasteiger partial charge in [0, 0.05) is 10.5 Å². The summed E-state index contributed by atoms with van der Waals surface area (Å²) in [5.74, 6) is 0.548. The van der Waals surface area contributed by atoms with Gasteiger partial charge in [-0.3, -0.25) is 4.72 Å². The van der Waals surface area contributed by atoms with E-state index in [1.807, 2.05) is 0 Å². The van der Waals surface area contributed by atoms with Crippen molar-refractivity contribution in [3.05, 3.63) is 52.5 Å². The second-order valence-electron chi connectivity index (χ2n) is 4.25. The molecule has 112 valence electrons. The molecule has 0 aliphatic carbocycles. The van der Waals surface area contributed by atoms with Crippen molar-refractivity contribution < 1.29 is 18.3 Å². The molecule has 0 unspecified atom stereocenters. The largest absolute Gasteiger partial charge is 0.497 e. The molecular formula is C14H14BrNO4S. The predicted octanol–water partition coefficient (Wildman–Crippen LogP) is 2.75. The number of anilines is 1. The molecule has 0 bridgehead atoms. The Labute approximate surface area is 131 Å². The van der Waals surface area contributed by atoms with Crippen molar-refractivity contribution in [1.82, 2.24) is 0 Å². The van der Waals surface area contributed by atoms with Gasteiger partial charge in [0.2, 0.25) is 0 Å². The van der Waals surface area contributed by atoms with Crippen molar-refractivity contribution in [2.24, 2.45) is 0 Å². The lowest BCUT2D eigenvalue weighted by Crippen LogP contribution is -2.13. The van der Waals surface area contributed by atoms with Gasteiger partial charge in [-0.2, -0.15) is 0 Å². The number of ether oxygens (including phenoxy) is 1. The molecule has 0 heterocycles. The van der Waals surface area contributed by atoms with Crippen LogP contribution in [0.5, 0.6) is 5.75 Å². The molecule has 2 aromatic rings. The van der Waals surface area contributed by atoms with E-state index in [9.17, 15) is 8.42 Å². The van der Waals surface area contributed by atoms with Gasteiger partial charge in [-0.1, -0.05) is 12.1 Å². The van der Waals surface area contributed by atoms with Crippen LogP contribution in [0.1, 0.15) is 5.56 Å². The second-order valence-corrected chi connectivity index (χ2v) is 6.79. The summed E-state index contributed by atoms with van der Waals surface area (Å²) in [6.07, 6.45) is 0. The molecule has 21 heavy (non-hydrogen) atoms. The molecule has 0 saturated carbocycles. The fourth-order valence-electron chi connectivity index (χ4n) is 1.69. The Bertz CT molecular complexity index is 729. The molecule has 0 fully saturated rings. The van der Waals surface area contributed by atoms with Crippen LogP contribution in [0, 0.1) is 0 Å². The van der Waals surface area contributed by atoms with Crippen LogP contribution in [-0.4, -0.2) is 20.6 Å². The van der Waals surface area contributed by atoms with Crippen LogP contribution >= 0.6 is 15.9 Å². The molecule has 2 rings (SSSR count). The van der Waals surface area contributed by atoms with Gasteiger partial charge in [0.25, 0.3) is 10.0 Å². The van der Waals surface area contributed by atoms with Crippen molar-refractivity contribution in [1.29, 1.82) is 0 Å². The van der Waals surface area contributed by atoms with Crippen molar-refractivity contribution in [3.63, 3.8) is 0 Å². The maximum absolute atomic E-state index is 12.3. The average molecular weight is 372 g/mol. The van der Waals surface area contributed by atoms with E-state index in [0.717, 1.165) is 0 Å². The Morgan fingerprint density at radius 2 is 1.86 bits per heavy atom. The number of hydrogen-bond donors (Lipinski definition) is 2. The standard InChI is InChI=1S/C14H14BrNO4S/c1-20-11-4-7-13(15)14(8-11)16-21(18,19)12-5-2-10(9-17)3-6-12/h2-8,16-17H,9H2,1H3.